The second-order valence-corrected chi connectivity index (χ2v) is 4.82. The number of rotatable bonds is 3. The fraction of sp³-hybridized carbons (Fsp3) is 0.333. The van der Waals surface area contributed by atoms with Crippen LogP contribution in [0.1, 0.15) is 27.7 Å². The summed E-state index contributed by atoms with van der Waals surface area (Å²) in [5.74, 6) is -1.09. The van der Waals surface area contributed by atoms with E-state index in [9.17, 15) is 8.78 Å². The first-order valence-corrected chi connectivity index (χ1v) is 6.24. The summed E-state index contributed by atoms with van der Waals surface area (Å²) in [7, 11) is 1.66. The van der Waals surface area contributed by atoms with Crippen LogP contribution in [0.25, 0.3) is 0 Å². The average Bonchev–Trinajstić information content (AvgIpc) is 2.76. The Morgan fingerprint density at radius 3 is 2.56 bits per heavy atom. The van der Waals surface area contributed by atoms with Crippen molar-refractivity contribution in [3.8, 4) is 0 Å². The van der Waals surface area contributed by atoms with Gasteiger partial charge in [0, 0.05) is 5.56 Å². The predicted octanol–water partition coefficient (Wildman–Crippen LogP) is 2.74. The van der Waals surface area contributed by atoms with Gasteiger partial charge in [-0.1, -0.05) is 10.6 Å². The number of nitrogens with zero attached hydrogens (tertiary/aromatic N) is 2. The van der Waals surface area contributed by atoms with Crippen LogP contribution in [0.5, 0.6) is 0 Å². The fourth-order valence-electron chi connectivity index (χ4n) is 1.85. The van der Waals surface area contributed by atoms with Crippen molar-refractivity contribution >= 4 is 11.5 Å². The van der Waals surface area contributed by atoms with Gasteiger partial charge in [0.2, 0.25) is 0 Å². The smallest absolute Gasteiger partial charge is 0.134 e. The van der Waals surface area contributed by atoms with Crippen LogP contribution in [0.15, 0.2) is 12.1 Å². The summed E-state index contributed by atoms with van der Waals surface area (Å²) < 4.78 is 31.8. The highest BCUT2D eigenvalue weighted by molar-refractivity contribution is 7.05. The Kier molecular flexibility index (Phi) is 3.68. The summed E-state index contributed by atoms with van der Waals surface area (Å²) in [6.45, 7) is 3.39. The van der Waals surface area contributed by atoms with E-state index < -0.39 is 17.7 Å². The van der Waals surface area contributed by atoms with Crippen molar-refractivity contribution in [1.82, 2.24) is 14.9 Å². The van der Waals surface area contributed by atoms with Crippen molar-refractivity contribution in [2.75, 3.05) is 7.05 Å². The van der Waals surface area contributed by atoms with Gasteiger partial charge in [0.05, 0.1) is 16.6 Å². The van der Waals surface area contributed by atoms with E-state index in [0.717, 1.165) is 16.4 Å². The molecule has 1 aromatic carbocycles. The van der Waals surface area contributed by atoms with E-state index in [1.807, 2.05) is 0 Å². The summed E-state index contributed by atoms with van der Waals surface area (Å²) in [5, 5.41) is 6.80. The van der Waals surface area contributed by atoms with E-state index in [-0.39, 0.29) is 5.56 Å². The van der Waals surface area contributed by atoms with Gasteiger partial charge in [-0.3, -0.25) is 0 Å². The second kappa shape index (κ2) is 5.07. The van der Waals surface area contributed by atoms with Crippen LogP contribution < -0.4 is 5.32 Å². The van der Waals surface area contributed by atoms with Gasteiger partial charge in [0.15, 0.2) is 0 Å². The Bertz CT molecular complexity index is 568. The van der Waals surface area contributed by atoms with Crippen LogP contribution in [0.2, 0.25) is 0 Å². The van der Waals surface area contributed by atoms with E-state index in [4.69, 9.17) is 0 Å². The first-order chi connectivity index (χ1) is 8.56. The van der Waals surface area contributed by atoms with Crippen molar-refractivity contribution in [3.05, 3.63) is 45.5 Å². The quantitative estimate of drug-likeness (QED) is 0.931. The topological polar surface area (TPSA) is 37.8 Å². The maximum Gasteiger partial charge on any atom is 0.134 e. The molecule has 0 spiro atoms. The minimum absolute atomic E-state index is 0.0200. The SMILES string of the molecule is CNC(c1snnc1C)c1c(F)ccc(C)c1F. The zero-order chi connectivity index (χ0) is 13.3. The highest BCUT2D eigenvalue weighted by Gasteiger charge is 2.25. The number of hydrogen-bond donors (Lipinski definition) is 1. The Balaban J connectivity index is 2.59. The van der Waals surface area contributed by atoms with Gasteiger partial charge in [-0.2, -0.15) is 0 Å². The van der Waals surface area contributed by atoms with Crippen LogP contribution in [-0.4, -0.2) is 16.6 Å². The van der Waals surface area contributed by atoms with Crippen LogP contribution >= 0.6 is 11.5 Å². The van der Waals surface area contributed by atoms with E-state index >= 15 is 0 Å². The van der Waals surface area contributed by atoms with Gasteiger partial charge < -0.3 is 5.32 Å². The zero-order valence-corrected chi connectivity index (χ0v) is 11.1. The zero-order valence-electron chi connectivity index (χ0n) is 10.3. The molecular formula is C12H13F2N3S. The third-order valence-electron chi connectivity index (χ3n) is 2.85. The van der Waals surface area contributed by atoms with Gasteiger partial charge in [-0.05, 0) is 44.1 Å². The molecular weight excluding hydrogens is 256 g/mol. The molecule has 0 saturated carbocycles. The molecule has 2 aromatic rings. The van der Waals surface area contributed by atoms with Crippen molar-refractivity contribution in [2.45, 2.75) is 19.9 Å². The number of aromatic nitrogens is 2. The molecule has 1 atom stereocenters. The van der Waals surface area contributed by atoms with Gasteiger partial charge in [-0.15, -0.1) is 5.10 Å². The Hall–Kier alpha value is -1.40. The summed E-state index contributed by atoms with van der Waals surface area (Å²) in [6, 6.07) is 2.14. The number of aryl methyl sites for hydroxylation is 2. The maximum absolute atomic E-state index is 14.1. The Morgan fingerprint density at radius 2 is 2.00 bits per heavy atom. The van der Waals surface area contributed by atoms with E-state index in [1.54, 1.807) is 20.9 Å². The van der Waals surface area contributed by atoms with Gasteiger partial charge >= 0.3 is 0 Å². The maximum atomic E-state index is 14.1. The monoisotopic (exact) mass is 269 g/mol. The third-order valence-corrected chi connectivity index (χ3v) is 3.74. The summed E-state index contributed by atoms with van der Waals surface area (Å²) in [6.07, 6.45) is 0. The van der Waals surface area contributed by atoms with E-state index in [1.165, 1.54) is 12.1 Å². The molecule has 1 N–H and O–H groups in total. The van der Waals surface area contributed by atoms with Gasteiger partial charge in [-0.25, -0.2) is 8.78 Å². The van der Waals surface area contributed by atoms with Crippen LogP contribution in [-0.2, 0) is 0 Å². The molecule has 3 nitrogen and oxygen atoms in total. The third kappa shape index (κ3) is 2.13. The summed E-state index contributed by atoms with van der Waals surface area (Å²) >= 11 is 1.14. The largest absolute Gasteiger partial charge is 0.308 e. The molecule has 1 heterocycles. The fourth-order valence-corrected chi connectivity index (χ4v) is 2.62. The van der Waals surface area contributed by atoms with Crippen molar-refractivity contribution in [1.29, 1.82) is 0 Å². The molecule has 0 saturated heterocycles. The molecule has 0 radical (unpaired) electrons. The van der Waals surface area contributed by atoms with E-state index in [0.29, 0.717) is 11.3 Å². The minimum Gasteiger partial charge on any atom is -0.308 e. The number of hydrogen-bond acceptors (Lipinski definition) is 4. The number of halogens is 2. The first-order valence-electron chi connectivity index (χ1n) is 5.46. The molecule has 0 aliphatic carbocycles. The lowest BCUT2D eigenvalue weighted by Gasteiger charge is -2.17. The van der Waals surface area contributed by atoms with Crippen LogP contribution in [0.3, 0.4) is 0 Å². The number of nitrogens with one attached hydrogen (secondary N) is 1. The lowest BCUT2D eigenvalue weighted by molar-refractivity contribution is 0.519. The molecule has 0 aliphatic heterocycles. The molecule has 6 heteroatoms. The van der Waals surface area contributed by atoms with E-state index in [2.05, 4.69) is 14.9 Å². The minimum atomic E-state index is -0.565. The normalized spacial score (nSPS) is 12.7. The summed E-state index contributed by atoms with van der Waals surface area (Å²) in [4.78, 5) is 0.723. The lowest BCUT2D eigenvalue weighted by atomic mass is 10.0. The Morgan fingerprint density at radius 1 is 1.28 bits per heavy atom. The first kappa shape index (κ1) is 13.0. The highest BCUT2D eigenvalue weighted by atomic mass is 32.1. The molecule has 96 valence electrons. The molecule has 0 amide bonds. The Labute approximate surface area is 108 Å². The molecule has 2 rings (SSSR count). The molecule has 0 fully saturated rings. The lowest BCUT2D eigenvalue weighted by Crippen LogP contribution is -2.20. The molecule has 0 aliphatic rings. The molecule has 1 unspecified atom stereocenters. The highest BCUT2D eigenvalue weighted by Crippen LogP contribution is 2.31. The standard InChI is InChI=1S/C12H13F2N3S/c1-6-4-5-8(13)9(10(6)14)11(15-3)12-7(2)16-17-18-12/h4-5,11,15H,1-3H3. The van der Waals surface area contributed by atoms with Crippen molar-refractivity contribution in [3.63, 3.8) is 0 Å². The predicted molar refractivity (Wildman–Crippen MR) is 66.6 cm³/mol. The molecule has 0 bridgehead atoms. The van der Waals surface area contributed by atoms with Gasteiger partial charge in [0.1, 0.15) is 11.6 Å². The summed E-state index contributed by atoms with van der Waals surface area (Å²) in [5.41, 5.74) is 1.12. The van der Waals surface area contributed by atoms with Crippen LogP contribution in [0, 0.1) is 25.5 Å². The average molecular weight is 269 g/mol. The van der Waals surface area contributed by atoms with Crippen LogP contribution in [0.4, 0.5) is 8.78 Å². The van der Waals surface area contributed by atoms with Gasteiger partial charge in [0.25, 0.3) is 0 Å². The second-order valence-electron chi connectivity index (χ2n) is 4.04. The van der Waals surface area contributed by atoms with Crippen molar-refractivity contribution in [2.24, 2.45) is 0 Å². The number of benzene rings is 1. The molecule has 1 aromatic heterocycles. The molecule has 18 heavy (non-hydrogen) atoms. The van der Waals surface area contributed by atoms with Crippen molar-refractivity contribution < 1.29 is 8.78 Å².